The summed E-state index contributed by atoms with van der Waals surface area (Å²) in [6.45, 7) is 1.28. The van der Waals surface area contributed by atoms with Gasteiger partial charge in [0.1, 0.15) is 11.6 Å². The summed E-state index contributed by atoms with van der Waals surface area (Å²) in [5, 5.41) is 18.2. The molecule has 0 spiro atoms. The molecule has 0 heterocycles. The molecule has 6 heteroatoms. The molecule has 0 saturated carbocycles. The molecule has 2 N–H and O–H groups in total. The second-order valence-corrected chi connectivity index (χ2v) is 4.40. The maximum Gasteiger partial charge on any atom is 0.337 e. The maximum absolute atomic E-state index is 13.1. The number of rotatable bonds is 4. The number of halogens is 2. The number of carbonyl (C=O) groups is 2. The van der Waals surface area contributed by atoms with Crippen molar-refractivity contribution in [1.29, 1.82) is 0 Å². The number of Topliss-reactive ketones (excluding diaryl/α,β-unsaturated/α-hetero) is 1. The molecule has 0 bridgehead atoms. The van der Waals surface area contributed by atoms with E-state index in [-0.39, 0.29) is 16.9 Å². The fourth-order valence-electron chi connectivity index (χ4n) is 1.37. The van der Waals surface area contributed by atoms with Crippen LogP contribution < -0.4 is 0 Å². The Morgan fingerprint density at radius 1 is 1.35 bits per heavy atom. The van der Waals surface area contributed by atoms with Gasteiger partial charge in [0.25, 0.3) is 0 Å². The van der Waals surface area contributed by atoms with Crippen LogP contribution in [0.15, 0.2) is 18.2 Å². The minimum Gasteiger partial charge on any atom is -0.479 e. The molecular weight excluding hydrogens is 295 g/mol. The van der Waals surface area contributed by atoms with E-state index < -0.39 is 22.7 Å². The fourth-order valence-corrected chi connectivity index (χ4v) is 1.76. The molecule has 2 atom stereocenters. The molecule has 0 aliphatic carbocycles. The van der Waals surface area contributed by atoms with Crippen molar-refractivity contribution in [3.63, 3.8) is 0 Å². The Kier molecular flexibility index (Phi) is 4.36. The van der Waals surface area contributed by atoms with E-state index in [4.69, 9.17) is 5.11 Å². The molecule has 0 aliphatic rings. The van der Waals surface area contributed by atoms with Gasteiger partial charge in [0.15, 0.2) is 6.10 Å². The van der Waals surface area contributed by atoms with Crippen LogP contribution in [0.5, 0.6) is 0 Å². The van der Waals surface area contributed by atoms with Gasteiger partial charge < -0.3 is 10.2 Å². The molecule has 1 rings (SSSR count). The van der Waals surface area contributed by atoms with E-state index in [2.05, 4.69) is 15.9 Å². The number of carboxylic acid groups (broad SMARTS) is 1. The molecule has 0 fully saturated rings. The summed E-state index contributed by atoms with van der Waals surface area (Å²) in [7, 11) is 0. The van der Waals surface area contributed by atoms with Gasteiger partial charge in [-0.05, 0) is 30.2 Å². The Bertz CT molecular complexity index is 461. The summed E-state index contributed by atoms with van der Waals surface area (Å²) in [6, 6.07) is 3.22. The molecule has 92 valence electrons. The highest BCUT2D eigenvalue weighted by molar-refractivity contribution is 9.09. The van der Waals surface area contributed by atoms with Crippen molar-refractivity contribution >= 4 is 27.7 Å². The summed E-state index contributed by atoms with van der Waals surface area (Å²) in [5.74, 6) is -2.37. The number of carboxylic acids is 1. The van der Waals surface area contributed by atoms with Crippen LogP contribution in [-0.2, 0) is 9.59 Å². The Labute approximate surface area is 105 Å². The van der Waals surface area contributed by atoms with Crippen LogP contribution in [0.25, 0.3) is 0 Å². The SMILES string of the molecule is CC(=O)C(Br)c1cc(F)ccc1C(O)C(=O)O. The topological polar surface area (TPSA) is 74.6 Å². The number of aliphatic hydroxyl groups excluding tert-OH is 1. The summed E-state index contributed by atoms with van der Waals surface area (Å²) < 4.78 is 13.1. The zero-order valence-electron chi connectivity index (χ0n) is 8.85. The highest BCUT2D eigenvalue weighted by Crippen LogP contribution is 2.31. The lowest BCUT2D eigenvalue weighted by Crippen LogP contribution is -2.15. The number of carbonyl (C=O) groups excluding carboxylic acids is 1. The Balaban J connectivity index is 3.30. The van der Waals surface area contributed by atoms with Crippen molar-refractivity contribution in [2.75, 3.05) is 0 Å². The third-order valence-corrected chi connectivity index (χ3v) is 3.35. The van der Waals surface area contributed by atoms with Gasteiger partial charge in [0.05, 0.1) is 4.83 Å². The average molecular weight is 305 g/mol. The van der Waals surface area contributed by atoms with E-state index in [1.54, 1.807) is 0 Å². The summed E-state index contributed by atoms with van der Waals surface area (Å²) in [6.07, 6.45) is -1.79. The molecule has 1 aromatic rings. The number of alkyl halides is 1. The third kappa shape index (κ3) is 3.10. The van der Waals surface area contributed by atoms with Crippen LogP contribution in [-0.4, -0.2) is 22.0 Å². The van der Waals surface area contributed by atoms with Crippen LogP contribution in [0.3, 0.4) is 0 Å². The van der Waals surface area contributed by atoms with Crippen LogP contribution in [0.4, 0.5) is 4.39 Å². The Morgan fingerprint density at radius 3 is 2.41 bits per heavy atom. The van der Waals surface area contributed by atoms with Crippen LogP contribution in [0.1, 0.15) is 29.0 Å². The quantitative estimate of drug-likeness (QED) is 0.834. The number of ketones is 1. The second-order valence-electron chi connectivity index (χ2n) is 3.49. The predicted octanol–water partition coefficient (Wildman–Crippen LogP) is 1.97. The molecule has 0 aromatic heterocycles. The number of aliphatic carboxylic acids is 1. The molecule has 0 saturated heterocycles. The van der Waals surface area contributed by atoms with Gasteiger partial charge in [-0.25, -0.2) is 9.18 Å². The molecular formula is C11H10BrFO4. The lowest BCUT2D eigenvalue weighted by molar-refractivity contribution is -0.147. The lowest BCUT2D eigenvalue weighted by atomic mass is 9.98. The van der Waals surface area contributed by atoms with Crippen molar-refractivity contribution in [1.82, 2.24) is 0 Å². The van der Waals surface area contributed by atoms with Gasteiger partial charge in [-0.15, -0.1) is 0 Å². The molecule has 0 radical (unpaired) electrons. The predicted molar refractivity (Wildman–Crippen MR) is 61.3 cm³/mol. The highest BCUT2D eigenvalue weighted by Gasteiger charge is 2.25. The van der Waals surface area contributed by atoms with E-state index in [0.717, 1.165) is 18.2 Å². The molecule has 1 aromatic carbocycles. The minimum atomic E-state index is -1.79. The van der Waals surface area contributed by atoms with E-state index in [0.29, 0.717) is 0 Å². The number of aliphatic hydroxyl groups is 1. The van der Waals surface area contributed by atoms with Gasteiger partial charge >= 0.3 is 5.97 Å². The van der Waals surface area contributed by atoms with Gasteiger partial charge in [-0.2, -0.15) is 0 Å². The Morgan fingerprint density at radius 2 is 1.94 bits per heavy atom. The largest absolute Gasteiger partial charge is 0.479 e. The van der Waals surface area contributed by atoms with Crippen LogP contribution >= 0.6 is 15.9 Å². The van der Waals surface area contributed by atoms with Crippen molar-refractivity contribution in [2.45, 2.75) is 17.9 Å². The summed E-state index contributed by atoms with van der Waals surface area (Å²) in [4.78, 5) is 21.0. The van der Waals surface area contributed by atoms with E-state index in [9.17, 15) is 19.1 Å². The van der Waals surface area contributed by atoms with Crippen molar-refractivity contribution in [3.05, 3.63) is 35.1 Å². The molecule has 2 unspecified atom stereocenters. The highest BCUT2D eigenvalue weighted by atomic mass is 79.9. The summed E-state index contributed by atoms with van der Waals surface area (Å²) >= 11 is 3.03. The zero-order chi connectivity index (χ0) is 13.2. The normalized spacial score (nSPS) is 14.1. The van der Waals surface area contributed by atoms with Gasteiger partial charge in [-0.1, -0.05) is 22.0 Å². The first kappa shape index (κ1) is 13.8. The van der Waals surface area contributed by atoms with Crippen LogP contribution in [0, 0.1) is 5.82 Å². The smallest absolute Gasteiger partial charge is 0.337 e. The van der Waals surface area contributed by atoms with Crippen molar-refractivity contribution in [2.24, 2.45) is 0 Å². The van der Waals surface area contributed by atoms with Crippen molar-refractivity contribution in [3.8, 4) is 0 Å². The minimum absolute atomic E-state index is 0.00373. The van der Waals surface area contributed by atoms with Gasteiger partial charge in [0, 0.05) is 0 Å². The number of hydrogen-bond acceptors (Lipinski definition) is 3. The maximum atomic E-state index is 13.1. The first-order chi connectivity index (χ1) is 7.84. The van der Waals surface area contributed by atoms with E-state index in [1.165, 1.54) is 6.92 Å². The van der Waals surface area contributed by atoms with Crippen molar-refractivity contribution < 1.29 is 24.2 Å². The fraction of sp³-hybridized carbons (Fsp3) is 0.273. The molecule has 0 amide bonds. The summed E-state index contributed by atoms with van der Waals surface area (Å²) in [5.41, 5.74) is 0.114. The number of hydrogen-bond donors (Lipinski definition) is 2. The zero-order valence-corrected chi connectivity index (χ0v) is 10.4. The van der Waals surface area contributed by atoms with E-state index in [1.807, 2.05) is 0 Å². The lowest BCUT2D eigenvalue weighted by Gasteiger charge is -2.15. The van der Waals surface area contributed by atoms with Gasteiger partial charge in [-0.3, -0.25) is 4.79 Å². The molecule has 0 aliphatic heterocycles. The van der Waals surface area contributed by atoms with Crippen LogP contribution in [0.2, 0.25) is 0 Å². The molecule has 17 heavy (non-hydrogen) atoms. The average Bonchev–Trinajstić information content (AvgIpc) is 2.26. The molecule has 4 nitrogen and oxygen atoms in total. The van der Waals surface area contributed by atoms with Gasteiger partial charge in [0.2, 0.25) is 0 Å². The van der Waals surface area contributed by atoms with E-state index >= 15 is 0 Å². The third-order valence-electron chi connectivity index (χ3n) is 2.21. The first-order valence-electron chi connectivity index (χ1n) is 4.69. The Hall–Kier alpha value is -1.27. The standard InChI is InChI=1S/C11H10BrFO4/c1-5(14)9(12)8-4-6(13)2-3-7(8)10(15)11(16)17/h2-4,9-10,15H,1H3,(H,16,17). The monoisotopic (exact) mass is 304 g/mol. The number of benzene rings is 1. The second kappa shape index (κ2) is 5.37. The first-order valence-corrected chi connectivity index (χ1v) is 5.61.